The summed E-state index contributed by atoms with van der Waals surface area (Å²) in [5, 5.41) is 0. The molecular formula is C12H18O. The van der Waals surface area contributed by atoms with E-state index >= 15 is 0 Å². The summed E-state index contributed by atoms with van der Waals surface area (Å²) in [6.45, 7) is 7.64. The number of ether oxygens (including phenoxy) is 1. The zero-order valence-electron chi connectivity index (χ0n) is 8.66. The van der Waals surface area contributed by atoms with Crippen molar-refractivity contribution < 1.29 is 4.74 Å². The van der Waals surface area contributed by atoms with Crippen molar-refractivity contribution in [3.63, 3.8) is 0 Å². The molecule has 0 radical (unpaired) electrons. The van der Waals surface area contributed by atoms with Crippen LogP contribution in [-0.4, -0.2) is 12.7 Å². The Hall–Kier alpha value is -0.560. The number of rotatable bonds is 0. The van der Waals surface area contributed by atoms with Crippen molar-refractivity contribution in [3.05, 3.63) is 23.8 Å². The average Bonchev–Trinajstić information content (AvgIpc) is 2.12. The predicted octanol–water partition coefficient (Wildman–Crippen LogP) is 2.79. The molecule has 13 heavy (non-hydrogen) atoms. The van der Waals surface area contributed by atoms with Crippen LogP contribution in [0.4, 0.5) is 0 Å². The smallest absolute Gasteiger partial charge is 0.0578 e. The van der Waals surface area contributed by atoms with Gasteiger partial charge in [0.2, 0.25) is 0 Å². The molecule has 2 unspecified atom stereocenters. The predicted molar refractivity (Wildman–Crippen MR) is 54.5 cm³/mol. The monoisotopic (exact) mass is 178 g/mol. The summed E-state index contributed by atoms with van der Waals surface area (Å²) in [5.41, 5.74) is 1.52. The number of hydrogen-bond acceptors (Lipinski definition) is 1. The standard InChI is InChI=1S/C12H18O/c1-8-5-4-6-11-7-13-10(3)9(2)12(8)11/h4-6,9-12H,7H2,1-3H3/t9-,10+,11?,12?/m1/s1. The van der Waals surface area contributed by atoms with E-state index in [2.05, 4.69) is 39.0 Å². The molecule has 1 aliphatic carbocycles. The van der Waals surface area contributed by atoms with Crippen LogP contribution in [0, 0.1) is 17.8 Å². The molecule has 0 aromatic rings. The molecule has 0 amide bonds. The molecule has 1 heterocycles. The number of fused-ring (bicyclic) bond motifs is 1. The summed E-state index contributed by atoms with van der Waals surface area (Å²) in [6, 6.07) is 0. The van der Waals surface area contributed by atoms with Gasteiger partial charge in [-0.25, -0.2) is 0 Å². The van der Waals surface area contributed by atoms with E-state index < -0.39 is 0 Å². The first-order chi connectivity index (χ1) is 6.20. The van der Waals surface area contributed by atoms with E-state index in [1.165, 1.54) is 5.57 Å². The van der Waals surface area contributed by atoms with Crippen LogP contribution in [0.5, 0.6) is 0 Å². The zero-order chi connectivity index (χ0) is 9.42. The third-order valence-corrected chi connectivity index (χ3v) is 3.56. The van der Waals surface area contributed by atoms with Gasteiger partial charge < -0.3 is 4.74 Å². The van der Waals surface area contributed by atoms with E-state index in [1.54, 1.807) is 0 Å². The molecule has 0 aromatic heterocycles. The van der Waals surface area contributed by atoms with Crippen molar-refractivity contribution in [1.29, 1.82) is 0 Å². The lowest BCUT2D eigenvalue weighted by Crippen LogP contribution is -2.40. The lowest BCUT2D eigenvalue weighted by molar-refractivity contribution is -0.0539. The van der Waals surface area contributed by atoms with E-state index in [-0.39, 0.29) is 0 Å². The number of hydrogen-bond donors (Lipinski definition) is 0. The van der Waals surface area contributed by atoms with Gasteiger partial charge in [-0.3, -0.25) is 0 Å². The Bertz CT molecular complexity index is 252. The Morgan fingerprint density at radius 3 is 2.92 bits per heavy atom. The topological polar surface area (TPSA) is 9.23 Å². The van der Waals surface area contributed by atoms with Gasteiger partial charge in [-0.05, 0) is 25.7 Å². The van der Waals surface area contributed by atoms with Gasteiger partial charge in [-0.1, -0.05) is 30.7 Å². The Kier molecular flexibility index (Phi) is 2.29. The summed E-state index contributed by atoms with van der Waals surface area (Å²) in [7, 11) is 0. The summed E-state index contributed by atoms with van der Waals surface area (Å²) < 4.78 is 5.73. The van der Waals surface area contributed by atoms with Crippen LogP contribution in [0.1, 0.15) is 20.8 Å². The second-order valence-electron chi connectivity index (χ2n) is 4.38. The highest BCUT2D eigenvalue weighted by atomic mass is 16.5. The van der Waals surface area contributed by atoms with Gasteiger partial charge in [0.1, 0.15) is 0 Å². The molecule has 2 aliphatic rings. The van der Waals surface area contributed by atoms with Crippen LogP contribution in [0.25, 0.3) is 0 Å². The minimum Gasteiger partial charge on any atom is -0.378 e. The fourth-order valence-corrected chi connectivity index (χ4v) is 2.59. The van der Waals surface area contributed by atoms with Crippen molar-refractivity contribution in [1.82, 2.24) is 0 Å². The molecule has 1 fully saturated rings. The van der Waals surface area contributed by atoms with Crippen molar-refractivity contribution in [2.75, 3.05) is 6.61 Å². The van der Waals surface area contributed by atoms with Crippen LogP contribution < -0.4 is 0 Å². The van der Waals surface area contributed by atoms with Gasteiger partial charge in [0.05, 0.1) is 12.7 Å². The molecular weight excluding hydrogens is 160 g/mol. The first-order valence-corrected chi connectivity index (χ1v) is 5.16. The molecule has 0 saturated carbocycles. The summed E-state index contributed by atoms with van der Waals surface area (Å²) in [5.74, 6) is 1.99. The van der Waals surface area contributed by atoms with E-state index in [9.17, 15) is 0 Å². The highest BCUT2D eigenvalue weighted by molar-refractivity contribution is 5.23. The van der Waals surface area contributed by atoms with Crippen LogP contribution in [-0.2, 0) is 4.74 Å². The fraction of sp³-hybridized carbons (Fsp3) is 0.667. The third-order valence-electron chi connectivity index (χ3n) is 3.56. The number of allylic oxidation sites excluding steroid dienone is 3. The summed E-state index contributed by atoms with van der Waals surface area (Å²) >= 11 is 0. The maximum atomic E-state index is 5.73. The second-order valence-corrected chi connectivity index (χ2v) is 4.38. The zero-order valence-corrected chi connectivity index (χ0v) is 8.66. The average molecular weight is 178 g/mol. The molecule has 0 spiro atoms. The van der Waals surface area contributed by atoms with Crippen molar-refractivity contribution in [3.8, 4) is 0 Å². The molecule has 1 aliphatic heterocycles. The van der Waals surface area contributed by atoms with E-state index in [0.717, 1.165) is 6.61 Å². The molecule has 1 heteroatoms. The van der Waals surface area contributed by atoms with Crippen LogP contribution in [0.2, 0.25) is 0 Å². The van der Waals surface area contributed by atoms with Crippen LogP contribution in [0.3, 0.4) is 0 Å². The molecule has 1 saturated heterocycles. The molecule has 0 aromatic carbocycles. The van der Waals surface area contributed by atoms with Gasteiger partial charge in [-0.15, -0.1) is 0 Å². The largest absolute Gasteiger partial charge is 0.378 e. The van der Waals surface area contributed by atoms with Gasteiger partial charge in [-0.2, -0.15) is 0 Å². The van der Waals surface area contributed by atoms with Crippen molar-refractivity contribution in [2.45, 2.75) is 26.9 Å². The first-order valence-electron chi connectivity index (χ1n) is 5.16. The van der Waals surface area contributed by atoms with Crippen LogP contribution >= 0.6 is 0 Å². The molecule has 1 nitrogen and oxygen atoms in total. The minimum absolute atomic E-state index is 0.413. The van der Waals surface area contributed by atoms with E-state index in [1.807, 2.05) is 0 Å². The van der Waals surface area contributed by atoms with Gasteiger partial charge in [0.15, 0.2) is 0 Å². The van der Waals surface area contributed by atoms with E-state index in [4.69, 9.17) is 4.74 Å². The van der Waals surface area contributed by atoms with Gasteiger partial charge in [0, 0.05) is 5.92 Å². The first kappa shape index (κ1) is 9.01. The molecule has 2 rings (SSSR count). The Labute approximate surface area is 80.5 Å². The van der Waals surface area contributed by atoms with Gasteiger partial charge >= 0.3 is 0 Å². The van der Waals surface area contributed by atoms with Gasteiger partial charge in [0.25, 0.3) is 0 Å². The fourth-order valence-electron chi connectivity index (χ4n) is 2.59. The Morgan fingerprint density at radius 2 is 2.15 bits per heavy atom. The Balaban J connectivity index is 2.23. The quantitative estimate of drug-likeness (QED) is 0.554. The van der Waals surface area contributed by atoms with Crippen LogP contribution in [0.15, 0.2) is 23.8 Å². The maximum absolute atomic E-state index is 5.73. The molecule has 72 valence electrons. The van der Waals surface area contributed by atoms with Crippen molar-refractivity contribution in [2.24, 2.45) is 17.8 Å². The normalized spacial score (nSPS) is 44.1. The highest BCUT2D eigenvalue weighted by Gasteiger charge is 2.35. The molecule has 0 bridgehead atoms. The maximum Gasteiger partial charge on any atom is 0.0578 e. The van der Waals surface area contributed by atoms with Crippen molar-refractivity contribution >= 4 is 0 Å². The lowest BCUT2D eigenvalue weighted by atomic mass is 9.72. The summed E-state index contributed by atoms with van der Waals surface area (Å²) in [6.07, 6.45) is 7.12. The molecule has 0 N–H and O–H groups in total. The highest BCUT2D eigenvalue weighted by Crippen LogP contribution is 2.38. The second kappa shape index (κ2) is 3.30. The molecule has 4 atom stereocenters. The lowest BCUT2D eigenvalue weighted by Gasteiger charge is -2.41. The third kappa shape index (κ3) is 1.46. The summed E-state index contributed by atoms with van der Waals surface area (Å²) in [4.78, 5) is 0. The van der Waals surface area contributed by atoms with E-state index in [0.29, 0.717) is 23.9 Å². The SMILES string of the molecule is CC1=CC=CC2CO[C@@H](C)[C@@H](C)C12. The minimum atomic E-state index is 0.413. The Morgan fingerprint density at radius 1 is 1.38 bits per heavy atom.